The summed E-state index contributed by atoms with van der Waals surface area (Å²) >= 11 is 0. The summed E-state index contributed by atoms with van der Waals surface area (Å²) in [5.74, 6) is -1.01. The number of imide groups is 1. The largest absolute Gasteiger partial charge is 0.348 e. The van der Waals surface area contributed by atoms with Crippen LogP contribution in [0.3, 0.4) is 0 Å². The zero-order chi connectivity index (χ0) is 22.6. The molecule has 0 spiro atoms. The Morgan fingerprint density at radius 3 is 2.32 bits per heavy atom. The van der Waals surface area contributed by atoms with Gasteiger partial charge in [0.2, 0.25) is 5.91 Å². The van der Waals surface area contributed by atoms with Crippen molar-refractivity contribution in [3.8, 4) is 0 Å². The van der Waals surface area contributed by atoms with Crippen LogP contribution in [-0.4, -0.2) is 29.3 Å². The molecular weight excluding hydrogens is 397 g/mol. The molecule has 0 bridgehead atoms. The Hall–Kier alpha value is -3.22. The van der Waals surface area contributed by atoms with E-state index in [1.54, 1.807) is 6.92 Å². The van der Waals surface area contributed by atoms with E-state index in [9.17, 15) is 18.8 Å². The molecule has 164 valence electrons. The summed E-state index contributed by atoms with van der Waals surface area (Å²) in [7, 11) is 0. The van der Waals surface area contributed by atoms with Gasteiger partial charge in [-0.1, -0.05) is 63.2 Å². The number of carbonyl (C=O) groups excluding carboxylic acids is 3. The van der Waals surface area contributed by atoms with Crippen LogP contribution in [0.2, 0.25) is 0 Å². The van der Waals surface area contributed by atoms with Crippen molar-refractivity contribution in [1.29, 1.82) is 0 Å². The van der Waals surface area contributed by atoms with Crippen LogP contribution in [0.25, 0.3) is 0 Å². The number of amides is 4. The molecule has 2 N–H and O–H groups in total. The van der Waals surface area contributed by atoms with Crippen LogP contribution in [0.1, 0.15) is 50.8 Å². The van der Waals surface area contributed by atoms with Gasteiger partial charge in [-0.05, 0) is 42.0 Å². The minimum absolute atomic E-state index is 0.220. The molecule has 6 nitrogen and oxygen atoms in total. The fourth-order valence-electron chi connectivity index (χ4n) is 3.96. The Labute approximate surface area is 181 Å². The SMILES string of the molecule is CC[C@]1(c2ccc(F)cc2)NC(=O)N(CC(=O)N[C@@H](CC(C)C)c2ccccc2)C1=O. The van der Waals surface area contributed by atoms with Crippen LogP contribution in [0, 0.1) is 11.7 Å². The first-order valence-corrected chi connectivity index (χ1v) is 10.5. The Bertz CT molecular complexity index is 946. The number of nitrogens with zero attached hydrogens (tertiary/aromatic N) is 1. The van der Waals surface area contributed by atoms with Crippen molar-refractivity contribution in [1.82, 2.24) is 15.5 Å². The third kappa shape index (κ3) is 4.76. The maximum absolute atomic E-state index is 13.3. The summed E-state index contributed by atoms with van der Waals surface area (Å²) in [6.07, 6.45) is 1.01. The van der Waals surface area contributed by atoms with Gasteiger partial charge >= 0.3 is 6.03 Å². The van der Waals surface area contributed by atoms with Gasteiger partial charge in [0.1, 0.15) is 17.9 Å². The van der Waals surface area contributed by atoms with Crippen LogP contribution in [0.4, 0.5) is 9.18 Å². The van der Waals surface area contributed by atoms with Gasteiger partial charge in [-0.2, -0.15) is 0 Å². The zero-order valence-electron chi connectivity index (χ0n) is 18.0. The maximum Gasteiger partial charge on any atom is 0.325 e. The van der Waals surface area contributed by atoms with Crippen LogP contribution >= 0.6 is 0 Å². The van der Waals surface area contributed by atoms with Crippen LogP contribution in [0.15, 0.2) is 54.6 Å². The van der Waals surface area contributed by atoms with Gasteiger partial charge in [0.25, 0.3) is 5.91 Å². The van der Waals surface area contributed by atoms with Crippen molar-refractivity contribution in [2.24, 2.45) is 5.92 Å². The van der Waals surface area contributed by atoms with E-state index >= 15 is 0 Å². The molecule has 0 aromatic heterocycles. The predicted octanol–water partition coefficient (Wildman–Crippen LogP) is 3.89. The monoisotopic (exact) mass is 425 g/mol. The van der Waals surface area contributed by atoms with Crippen molar-refractivity contribution in [3.05, 3.63) is 71.5 Å². The first-order chi connectivity index (χ1) is 14.8. The van der Waals surface area contributed by atoms with E-state index in [1.165, 1.54) is 24.3 Å². The lowest BCUT2D eigenvalue weighted by Crippen LogP contribution is -2.45. The minimum atomic E-state index is -1.30. The van der Waals surface area contributed by atoms with Crippen LogP contribution < -0.4 is 10.6 Å². The molecular formula is C24H28FN3O3. The molecule has 2 aromatic carbocycles. The van der Waals surface area contributed by atoms with Gasteiger partial charge in [0.05, 0.1) is 6.04 Å². The summed E-state index contributed by atoms with van der Waals surface area (Å²) in [6, 6.07) is 14.2. The minimum Gasteiger partial charge on any atom is -0.348 e. The smallest absolute Gasteiger partial charge is 0.325 e. The van der Waals surface area contributed by atoms with Crippen LogP contribution in [-0.2, 0) is 15.1 Å². The quantitative estimate of drug-likeness (QED) is 0.630. The summed E-state index contributed by atoms with van der Waals surface area (Å²) in [4.78, 5) is 39.5. The molecule has 2 atom stereocenters. The number of hydrogen-bond donors (Lipinski definition) is 2. The highest BCUT2D eigenvalue weighted by atomic mass is 19.1. The second-order valence-electron chi connectivity index (χ2n) is 8.25. The van der Waals surface area contributed by atoms with Gasteiger partial charge in [0.15, 0.2) is 0 Å². The van der Waals surface area contributed by atoms with Crippen molar-refractivity contribution in [3.63, 3.8) is 0 Å². The molecule has 31 heavy (non-hydrogen) atoms. The maximum atomic E-state index is 13.3. The van der Waals surface area contributed by atoms with Crippen molar-refractivity contribution in [2.45, 2.75) is 45.2 Å². The van der Waals surface area contributed by atoms with E-state index in [-0.39, 0.29) is 19.0 Å². The first kappa shape index (κ1) is 22.5. The lowest BCUT2D eigenvalue weighted by molar-refractivity contribution is -0.135. The van der Waals surface area contributed by atoms with Crippen molar-refractivity contribution < 1.29 is 18.8 Å². The number of nitrogens with one attached hydrogen (secondary N) is 2. The molecule has 1 saturated heterocycles. The summed E-state index contributed by atoms with van der Waals surface area (Å²) < 4.78 is 13.3. The molecule has 1 heterocycles. The topological polar surface area (TPSA) is 78.5 Å². The third-order valence-corrected chi connectivity index (χ3v) is 5.59. The summed E-state index contributed by atoms with van der Waals surface area (Å²) in [5, 5.41) is 5.67. The second kappa shape index (κ2) is 9.29. The van der Waals surface area contributed by atoms with E-state index in [4.69, 9.17) is 0 Å². The highest BCUT2D eigenvalue weighted by Crippen LogP contribution is 2.32. The fourth-order valence-corrected chi connectivity index (χ4v) is 3.96. The number of rotatable bonds is 8. The van der Waals surface area contributed by atoms with E-state index in [0.29, 0.717) is 11.5 Å². The van der Waals surface area contributed by atoms with Gasteiger partial charge in [-0.25, -0.2) is 9.18 Å². The molecule has 0 radical (unpaired) electrons. The molecule has 2 aromatic rings. The third-order valence-electron chi connectivity index (χ3n) is 5.59. The van der Waals surface area contributed by atoms with Gasteiger partial charge < -0.3 is 10.6 Å². The molecule has 7 heteroatoms. The molecule has 1 aliphatic rings. The van der Waals surface area contributed by atoms with Gasteiger partial charge in [0, 0.05) is 0 Å². The normalized spacial score (nSPS) is 19.5. The highest BCUT2D eigenvalue weighted by molar-refractivity contribution is 6.09. The first-order valence-electron chi connectivity index (χ1n) is 10.5. The molecule has 1 fully saturated rings. The number of carbonyl (C=O) groups is 3. The standard InChI is InChI=1S/C24H28FN3O3/c1-4-24(18-10-12-19(25)13-11-18)22(30)28(23(31)27-24)15-21(29)26-20(14-16(2)3)17-8-6-5-7-9-17/h5-13,16,20H,4,14-15H2,1-3H3,(H,26,29)(H,27,31)/t20-,24+/m0/s1. The molecule has 0 aliphatic carbocycles. The predicted molar refractivity (Wildman–Crippen MR) is 115 cm³/mol. The van der Waals surface area contributed by atoms with Gasteiger partial charge in [-0.3, -0.25) is 14.5 Å². The number of hydrogen-bond acceptors (Lipinski definition) is 3. The lowest BCUT2D eigenvalue weighted by atomic mass is 9.87. The average Bonchev–Trinajstić information content (AvgIpc) is 2.99. The lowest BCUT2D eigenvalue weighted by Gasteiger charge is -2.26. The van der Waals surface area contributed by atoms with Crippen molar-refractivity contribution >= 4 is 17.8 Å². The van der Waals surface area contributed by atoms with Gasteiger partial charge in [-0.15, -0.1) is 0 Å². The van der Waals surface area contributed by atoms with E-state index in [0.717, 1.165) is 16.9 Å². The number of halogens is 1. The highest BCUT2D eigenvalue weighted by Gasteiger charge is 2.51. The summed E-state index contributed by atoms with van der Waals surface area (Å²) in [5.41, 5.74) is 0.151. The molecule has 1 aliphatic heterocycles. The molecule has 0 unspecified atom stereocenters. The Kier molecular flexibility index (Phi) is 6.73. The second-order valence-corrected chi connectivity index (χ2v) is 8.25. The Balaban J connectivity index is 1.76. The van der Waals surface area contributed by atoms with E-state index in [2.05, 4.69) is 24.5 Å². The number of benzene rings is 2. The number of urea groups is 1. The fraction of sp³-hybridized carbons (Fsp3) is 0.375. The molecule has 3 rings (SSSR count). The summed E-state index contributed by atoms with van der Waals surface area (Å²) in [6.45, 7) is 5.52. The Morgan fingerprint density at radius 2 is 1.74 bits per heavy atom. The average molecular weight is 426 g/mol. The van der Waals surface area contributed by atoms with E-state index < -0.39 is 29.2 Å². The Morgan fingerprint density at radius 1 is 1.10 bits per heavy atom. The van der Waals surface area contributed by atoms with Crippen LogP contribution in [0.5, 0.6) is 0 Å². The molecule has 0 saturated carbocycles. The molecule has 4 amide bonds. The van der Waals surface area contributed by atoms with E-state index in [1.807, 2.05) is 30.3 Å². The van der Waals surface area contributed by atoms with Crippen molar-refractivity contribution in [2.75, 3.05) is 6.54 Å². The zero-order valence-corrected chi connectivity index (χ0v) is 18.0.